The second kappa shape index (κ2) is 14.5. The minimum absolute atomic E-state index is 0. The van der Waals surface area contributed by atoms with Gasteiger partial charge in [0.25, 0.3) is 11.8 Å². The van der Waals surface area contributed by atoms with Crippen LogP contribution in [-0.4, -0.2) is 83.4 Å². The van der Waals surface area contributed by atoms with Crippen LogP contribution in [0.25, 0.3) is 0 Å². The zero-order valence-corrected chi connectivity index (χ0v) is 24.6. The Hall–Kier alpha value is -3.70. The van der Waals surface area contributed by atoms with Gasteiger partial charge in [-0.1, -0.05) is 29.8 Å². The molecule has 2 saturated heterocycles. The quantitative estimate of drug-likeness (QED) is 0.283. The Kier molecular flexibility index (Phi) is 10.8. The Morgan fingerprint density at radius 3 is 2.45 bits per heavy atom. The minimum atomic E-state index is -0.557. The number of halogens is 2. The summed E-state index contributed by atoms with van der Waals surface area (Å²) in [4.78, 5) is 47.7. The van der Waals surface area contributed by atoms with Crippen LogP contribution in [0.2, 0.25) is 5.02 Å². The van der Waals surface area contributed by atoms with E-state index in [1.807, 2.05) is 17.0 Å². The fourth-order valence-corrected chi connectivity index (χ4v) is 5.33. The van der Waals surface area contributed by atoms with Crippen molar-refractivity contribution in [1.29, 1.82) is 0 Å². The number of anilines is 2. The molecule has 0 spiro atoms. The summed E-state index contributed by atoms with van der Waals surface area (Å²) in [5.41, 5.74) is 1.26. The normalized spacial score (nSPS) is 17.3. The van der Waals surface area contributed by atoms with Gasteiger partial charge in [-0.2, -0.15) is 0 Å². The lowest BCUT2D eigenvalue weighted by Gasteiger charge is -2.35. The van der Waals surface area contributed by atoms with Gasteiger partial charge in [0.15, 0.2) is 0 Å². The van der Waals surface area contributed by atoms with Crippen molar-refractivity contribution in [1.82, 2.24) is 20.1 Å². The molecule has 1 unspecified atom stereocenters. The number of aromatic nitrogens is 1. The highest BCUT2D eigenvalue weighted by atomic mass is 35.5. The van der Waals surface area contributed by atoms with Gasteiger partial charge in [0.1, 0.15) is 11.6 Å². The highest BCUT2D eigenvalue weighted by Crippen LogP contribution is 2.30. The molecular formula is C30H34Cl2N6O4. The van der Waals surface area contributed by atoms with E-state index >= 15 is 0 Å². The molecule has 0 radical (unpaired) electrons. The van der Waals surface area contributed by atoms with Crippen molar-refractivity contribution < 1.29 is 19.5 Å². The maximum Gasteiger partial charge on any atom is 0.259 e. The summed E-state index contributed by atoms with van der Waals surface area (Å²) >= 11 is 5.86. The molecule has 5 rings (SSSR count). The summed E-state index contributed by atoms with van der Waals surface area (Å²) in [6, 6.07) is 14.5. The van der Waals surface area contributed by atoms with E-state index in [1.54, 1.807) is 24.3 Å². The number of para-hydroxylation sites is 1. The van der Waals surface area contributed by atoms with Gasteiger partial charge in [-0.3, -0.25) is 19.3 Å². The molecule has 3 aromatic rings. The molecule has 12 heteroatoms. The fraction of sp³-hybridized carbons (Fsp3) is 0.333. The Labute approximate surface area is 255 Å². The monoisotopic (exact) mass is 612 g/mol. The molecule has 0 aliphatic carbocycles. The predicted octanol–water partition coefficient (Wildman–Crippen LogP) is 3.98. The number of hydrogen-bond donors (Lipinski definition) is 4. The van der Waals surface area contributed by atoms with Crippen LogP contribution in [0.15, 0.2) is 60.8 Å². The molecule has 3 amide bonds. The Morgan fingerprint density at radius 2 is 1.74 bits per heavy atom. The molecule has 10 nitrogen and oxygen atoms in total. The number of carbonyl (C=O) groups excluding carboxylic acids is 3. The lowest BCUT2D eigenvalue weighted by atomic mass is 9.89. The van der Waals surface area contributed by atoms with E-state index in [0.29, 0.717) is 10.6 Å². The number of hydrogen-bond acceptors (Lipinski definition) is 7. The van der Waals surface area contributed by atoms with Gasteiger partial charge in [-0.25, -0.2) is 4.98 Å². The standard InChI is InChI=1S/C30H33ClN6O4.ClH/c31-22-10-11-26(33-19-22)34-29(40)24-3-1-5-25(38)27(24)35-28(39)21-8-6-20(7-9-21)23-4-2-14-37(30(23)41)18-17-36-15-12-32-13-16-36;/h1,3,5-11,19,23,32,38H,2,4,12-18H2,(H,35,39)(H,33,34,40);1H. The molecule has 1 aromatic heterocycles. The number of carbonyl (C=O) groups is 3. The number of phenolic OH excluding ortho intramolecular Hbond substituents is 1. The number of likely N-dealkylation sites (tertiary alicyclic amines) is 1. The van der Waals surface area contributed by atoms with Gasteiger partial charge in [0.05, 0.1) is 22.2 Å². The van der Waals surface area contributed by atoms with E-state index in [4.69, 9.17) is 11.6 Å². The number of benzene rings is 2. The van der Waals surface area contributed by atoms with E-state index in [-0.39, 0.29) is 47.1 Å². The van der Waals surface area contributed by atoms with E-state index in [1.165, 1.54) is 24.4 Å². The van der Waals surface area contributed by atoms with Gasteiger partial charge >= 0.3 is 0 Å². The number of piperazine rings is 1. The lowest BCUT2D eigenvalue weighted by Crippen LogP contribution is -2.48. The van der Waals surface area contributed by atoms with Crippen molar-refractivity contribution in [3.8, 4) is 5.75 Å². The smallest absolute Gasteiger partial charge is 0.259 e. The first kappa shape index (κ1) is 31.2. The van der Waals surface area contributed by atoms with Crippen molar-refractivity contribution in [2.75, 3.05) is 56.4 Å². The van der Waals surface area contributed by atoms with Crippen LogP contribution in [0, 0.1) is 0 Å². The first-order valence-corrected chi connectivity index (χ1v) is 14.1. The van der Waals surface area contributed by atoms with Crippen LogP contribution in [0.3, 0.4) is 0 Å². The van der Waals surface area contributed by atoms with Crippen LogP contribution in [-0.2, 0) is 4.79 Å². The molecule has 0 bridgehead atoms. The molecule has 2 fully saturated rings. The Bertz CT molecular complexity index is 1400. The van der Waals surface area contributed by atoms with Crippen molar-refractivity contribution in [3.05, 3.63) is 82.5 Å². The van der Waals surface area contributed by atoms with Crippen LogP contribution < -0.4 is 16.0 Å². The fourth-order valence-electron chi connectivity index (χ4n) is 5.22. The van der Waals surface area contributed by atoms with Crippen molar-refractivity contribution in [2.45, 2.75) is 18.8 Å². The highest BCUT2D eigenvalue weighted by Gasteiger charge is 2.30. The molecule has 1 atom stereocenters. The SMILES string of the molecule is Cl.O=C(Nc1c(O)cccc1C(=O)Nc1ccc(Cl)cn1)c1ccc(C2CCCN(CCN3CCNCC3)C2=O)cc1. The first-order valence-electron chi connectivity index (χ1n) is 13.8. The molecule has 2 aromatic carbocycles. The molecule has 222 valence electrons. The zero-order chi connectivity index (χ0) is 28.8. The summed E-state index contributed by atoms with van der Waals surface area (Å²) < 4.78 is 0. The van der Waals surface area contributed by atoms with E-state index in [9.17, 15) is 19.5 Å². The number of nitrogens with one attached hydrogen (secondary N) is 3. The molecule has 0 saturated carbocycles. The maximum atomic E-state index is 13.3. The average Bonchev–Trinajstić information content (AvgIpc) is 2.99. The van der Waals surface area contributed by atoms with E-state index in [0.717, 1.165) is 64.2 Å². The number of pyridine rings is 1. The van der Waals surface area contributed by atoms with Gasteiger partial charge in [0, 0.05) is 57.6 Å². The number of rotatable bonds is 8. The van der Waals surface area contributed by atoms with Crippen LogP contribution in [0.4, 0.5) is 11.5 Å². The van der Waals surface area contributed by atoms with E-state index < -0.39 is 11.8 Å². The number of nitrogens with zero attached hydrogens (tertiary/aromatic N) is 3. The summed E-state index contributed by atoms with van der Waals surface area (Å²) in [5, 5.41) is 19.5. The Morgan fingerprint density at radius 1 is 0.976 bits per heavy atom. The predicted molar refractivity (Wildman–Crippen MR) is 165 cm³/mol. The number of piperidine rings is 1. The van der Waals surface area contributed by atoms with Gasteiger partial charge in [-0.05, 0) is 54.8 Å². The highest BCUT2D eigenvalue weighted by molar-refractivity contribution is 6.30. The summed E-state index contributed by atoms with van der Waals surface area (Å²) in [7, 11) is 0. The maximum absolute atomic E-state index is 13.3. The molecule has 42 heavy (non-hydrogen) atoms. The van der Waals surface area contributed by atoms with Gasteiger partial charge in [0.2, 0.25) is 5.91 Å². The van der Waals surface area contributed by atoms with E-state index in [2.05, 4.69) is 25.8 Å². The van der Waals surface area contributed by atoms with Crippen molar-refractivity contribution in [2.24, 2.45) is 0 Å². The molecular weight excluding hydrogens is 579 g/mol. The lowest BCUT2D eigenvalue weighted by molar-refractivity contribution is -0.135. The largest absolute Gasteiger partial charge is 0.506 e. The van der Waals surface area contributed by atoms with Crippen LogP contribution in [0.1, 0.15) is 45.0 Å². The third-order valence-corrected chi connectivity index (χ3v) is 7.72. The average molecular weight is 614 g/mol. The molecule has 2 aliphatic heterocycles. The van der Waals surface area contributed by atoms with Gasteiger partial charge < -0.3 is 26.0 Å². The number of phenols is 1. The van der Waals surface area contributed by atoms with Crippen molar-refractivity contribution >= 4 is 53.2 Å². The summed E-state index contributed by atoms with van der Waals surface area (Å²) in [6.45, 7) is 6.34. The third-order valence-electron chi connectivity index (χ3n) is 7.50. The minimum Gasteiger partial charge on any atom is -0.506 e. The second-order valence-corrected chi connectivity index (χ2v) is 10.6. The summed E-state index contributed by atoms with van der Waals surface area (Å²) in [5.74, 6) is -1.14. The third kappa shape index (κ3) is 7.57. The van der Waals surface area contributed by atoms with Crippen molar-refractivity contribution in [3.63, 3.8) is 0 Å². The number of aromatic hydroxyl groups is 1. The van der Waals surface area contributed by atoms with Gasteiger partial charge in [-0.15, -0.1) is 12.4 Å². The molecule has 4 N–H and O–H groups in total. The Balaban J connectivity index is 0.00000405. The first-order chi connectivity index (χ1) is 19.9. The molecule has 2 aliphatic rings. The summed E-state index contributed by atoms with van der Waals surface area (Å²) in [6.07, 6.45) is 3.11. The topological polar surface area (TPSA) is 127 Å². The molecule has 3 heterocycles. The van der Waals surface area contributed by atoms with Crippen LogP contribution in [0.5, 0.6) is 5.75 Å². The second-order valence-electron chi connectivity index (χ2n) is 10.2. The number of amides is 3. The van der Waals surface area contributed by atoms with Crippen LogP contribution >= 0.6 is 24.0 Å². The zero-order valence-electron chi connectivity index (χ0n) is 23.0.